The fourth-order valence-corrected chi connectivity index (χ4v) is 5.72. The molecule has 1 saturated heterocycles. The van der Waals surface area contributed by atoms with Gasteiger partial charge in [0.25, 0.3) is 0 Å². The first kappa shape index (κ1) is 15.7. The second kappa shape index (κ2) is 6.51. The largest absolute Gasteiger partial charge is 0.302 e. The van der Waals surface area contributed by atoms with Crippen LogP contribution in [0, 0.1) is 0 Å². The van der Waals surface area contributed by atoms with Crippen LogP contribution in [0.3, 0.4) is 0 Å². The van der Waals surface area contributed by atoms with Crippen LogP contribution in [0.1, 0.15) is 23.9 Å². The summed E-state index contributed by atoms with van der Waals surface area (Å²) in [5.74, 6) is 1.81. The van der Waals surface area contributed by atoms with Crippen LogP contribution in [0.2, 0.25) is 0 Å². The van der Waals surface area contributed by atoms with Gasteiger partial charge in [0.1, 0.15) is 5.82 Å². The Balaban J connectivity index is 1.80. The quantitative estimate of drug-likeness (QED) is 0.583. The molecule has 2 aromatic rings. The summed E-state index contributed by atoms with van der Waals surface area (Å²) in [5.41, 5.74) is 2.81. The SMILES string of the molecule is C=CCn1c(SCc2cscn2)nnc1C1CCS(=O)(=O)C1. The number of sulfone groups is 1. The number of nitrogens with zero attached hydrogens (tertiary/aromatic N) is 4. The summed E-state index contributed by atoms with van der Waals surface area (Å²) in [6.45, 7) is 4.35. The molecule has 0 spiro atoms. The summed E-state index contributed by atoms with van der Waals surface area (Å²) >= 11 is 3.12. The van der Waals surface area contributed by atoms with Gasteiger partial charge in [0.15, 0.2) is 15.0 Å². The lowest BCUT2D eigenvalue weighted by Gasteiger charge is -2.10. The summed E-state index contributed by atoms with van der Waals surface area (Å²) in [6.07, 6.45) is 2.40. The van der Waals surface area contributed by atoms with E-state index < -0.39 is 9.84 Å². The molecular weight excluding hydrogens is 340 g/mol. The summed E-state index contributed by atoms with van der Waals surface area (Å²) in [6, 6.07) is 0. The Kier molecular flexibility index (Phi) is 4.65. The third-order valence-corrected chi connectivity index (χ3v) is 6.89. The van der Waals surface area contributed by atoms with E-state index in [1.165, 1.54) is 0 Å². The number of allylic oxidation sites excluding steroid dienone is 1. The predicted molar refractivity (Wildman–Crippen MR) is 87.9 cm³/mol. The molecule has 0 amide bonds. The van der Waals surface area contributed by atoms with Crippen LogP contribution in [0.15, 0.2) is 28.7 Å². The molecule has 0 bridgehead atoms. The van der Waals surface area contributed by atoms with Gasteiger partial charge >= 0.3 is 0 Å². The summed E-state index contributed by atoms with van der Waals surface area (Å²) in [7, 11) is -2.94. The van der Waals surface area contributed by atoms with Gasteiger partial charge in [0.05, 0.1) is 22.7 Å². The lowest BCUT2D eigenvalue weighted by molar-refractivity contribution is 0.597. The van der Waals surface area contributed by atoms with Crippen LogP contribution in [-0.4, -0.2) is 39.7 Å². The highest BCUT2D eigenvalue weighted by Crippen LogP contribution is 2.30. The Morgan fingerprint density at radius 2 is 2.36 bits per heavy atom. The van der Waals surface area contributed by atoms with Crippen molar-refractivity contribution in [3.63, 3.8) is 0 Å². The lowest BCUT2D eigenvalue weighted by Crippen LogP contribution is -2.11. The Labute approximate surface area is 137 Å². The number of thioether (sulfide) groups is 1. The molecule has 1 unspecified atom stereocenters. The minimum absolute atomic E-state index is 0.0638. The average Bonchev–Trinajstić information content (AvgIpc) is 3.17. The minimum Gasteiger partial charge on any atom is -0.302 e. The Morgan fingerprint density at radius 3 is 3.00 bits per heavy atom. The van der Waals surface area contributed by atoms with Gasteiger partial charge in [-0.3, -0.25) is 0 Å². The number of aromatic nitrogens is 4. The number of hydrogen-bond acceptors (Lipinski definition) is 7. The van der Waals surface area contributed by atoms with E-state index in [4.69, 9.17) is 0 Å². The van der Waals surface area contributed by atoms with E-state index in [9.17, 15) is 8.42 Å². The van der Waals surface area contributed by atoms with E-state index in [0.717, 1.165) is 22.4 Å². The normalized spacial score (nSPS) is 20.3. The molecule has 118 valence electrons. The van der Waals surface area contributed by atoms with Crippen LogP contribution in [0.4, 0.5) is 0 Å². The van der Waals surface area contributed by atoms with Gasteiger partial charge in [-0.25, -0.2) is 13.4 Å². The molecule has 2 aromatic heterocycles. The standard InChI is InChI=1S/C13H16N4O2S3/c1-2-4-17-12(10-3-5-22(18,19)8-10)15-16-13(17)21-7-11-6-20-9-14-11/h2,6,9-10H,1,3-5,7-8H2. The third-order valence-electron chi connectivity index (χ3n) is 3.49. The smallest absolute Gasteiger partial charge is 0.191 e. The average molecular weight is 356 g/mol. The van der Waals surface area contributed by atoms with Gasteiger partial charge in [-0.1, -0.05) is 17.8 Å². The zero-order valence-electron chi connectivity index (χ0n) is 11.9. The maximum absolute atomic E-state index is 11.7. The molecule has 0 N–H and O–H groups in total. The van der Waals surface area contributed by atoms with E-state index >= 15 is 0 Å². The number of hydrogen-bond donors (Lipinski definition) is 0. The molecule has 0 aromatic carbocycles. The monoisotopic (exact) mass is 356 g/mol. The number of rotatable bonds is 6. The van der Waals surface area contributed by atoms with Crippen molar-refractivity contribution in [1.29, 1.82) is 0 Å². The molecule has 3 rings (SSSR count). The van der Waals surface area contributed by atoms with Gasteiger partial charge in [-0.2, -0.15) is 0 Å². The Bertz CT molecular complexity index is 752. The van der Waals surface area contributed by atoms with Crippen molar-refractivity contribution in [2.24, 2.45) is 0 Å². The first-order chi connectivity index (χ1) is 10.6. The molecule has 9 heteroatoms. The molecule has 0 radical (unpaired) electrons. The van der Waals surface area contributed by atoms with Crippen LogP contribution in [0.25, 0.3) is 0 Å². The molecule has 3 heterocycles. The van der Waals surface area contributed by atoms with Crippen molar-refractivity contribution >= 4 is 32.9 Å². The second-order valence-electron chi connectivity index (χ2n) is 5.11. The zero-order chi connectivity index (χ0) is 15.6. The lowest BCUT2D eigenvalue weighted by atomic mass is 10.1. The summed E-state index contributed by atoms with van der Waals surface area (Å²) in [5, 5.41) is 11.3. The van der Waals surface area contributed by atoms with E-state index in [0.29, 0.717) is 13.0 Å². The van der Waals surface area contributed by atoms with Crippen molar-refractivity contribution in [3.8, 4) is 0 Å². The van der Waals surface area contributed by atoms with Crippen LogP contribution >= 0.6 is 23.1 Å². The van der Waals surface area contributed by atoms with Crippen molar-refractivity contribution < 1.29 is 8.42 Å². The van der Waals surface area contributed by atoms with Crippen LogP contribution in [-0.2, 0) is 22.1 Å². The number of thiazole rings is 1. The summed E-state index contributed by atoms with van der Waals surface area (Å²) < 4.78 is 25.3. The van der Waals surface area contributed by atoms with E-state index in [2.05, 4.69) is 21.8 Å². The van der Waals surface area contributed by atoms with Crippen LogP contribution < -0.4 is 0 Å². The fraction of sp³-hybridized carbons (Fsp3) is 0.462. The first-order valence-corrected chi connectivity index (χ1v) is 10.6. The minimum atomic E-state index is -2.94. The molecular formula is C13H16N4O2S3. The maximum atomic E-state index is 11.7. The molecule has 0 saturated carbocycles. The highest BCUT2D eigenvalue weighted by atomic mass is 32.2. The van der Waals surface area contributed by atoms with Crippen molar-refractivity contribution in [3.05, 3.63) is 35.1 Å². The van der Waals surface area contributed by atoms with Gasteiger partial charge in [0, 0.05) is 23.6 Å². The predicted octanol–water partition coefficient (Wildman–Crippen LogP) is 2.11. The van der Waals surface area contributed by atoms with Crippen molar-refractivity contribution in [2.75, 3.05) is 11.5 Å². The van der Waals surface area contributed by atoms with Crippen molar-refractivity contribution in [1.82, 2.24) is 19.7 Å². The molecule has 1 aliphatic rings. The highest BCUT2D eigenvalue weighted by molar-refractivity contribution is 7.98. The van der Waals surface area contributed by atoms with Gasteiger partial charge < -0.3 is 4.57 Å². The fourth-order valence-electron chi connectivity index (χ4n) is 2.46. The third kappa shape index (κ3) is 3.41. The topological polar surface area (TPSA) is 77.7 Å². The molecule has 0 aliphatic carbocycles. The Hall–Kier alpha value is -1.19. The molecule has 22 heavy (non-hydrogen) atoms. The molecule has 1 atom stereocenters. The highest BCUT2D eigenvalue weighted by Gasteiger charge is 2.33. The molecule has 6 nitrogen and oxygen atoms in total. The summed E-state index contributed by atoms with van der Waals surface area (Å²) in [4.78, 5) is 4.25. The Morgan fingerprint density at radius 1 is 1.50 bits per heavy atom. The first-order valence-electron chi connectivity index (χ1n) is 6.83. The van der Waals surface area contributed by atoms with Gasteiger partial charge in [-0.15, -0.1) is 28.1 Å². The second-order valence-corrected chi connectivity index (χ2v) is 9.00. The maximum Gasteiger partial charge on any atom is 0.191 e. The van der Waals surface area contributed by atoms with Gasteiger partial charge in [-0.05, 0) is 6.42 Å². The molecule has 1 aliphatic heterocycles. The van der Waals surface area contributed by atoms with Gasteiger partial charge in [0.2, 0.25) is 0 Å². The van der Waals surface area contributed by atoms with E-state index in [-0.39, 0.29) is 17.4 Å². The van der Waals surface area contributed by atoms with Crippen LogP contribution in [0.5, 0.6) is 0 Å². The zero-order valence-corrected chi connectivity index (χ0v) is 14.3. The van der Waals surface area contributed by atoms with E-state index in [1.54, 1.807) is 34.7 Å². The molecule has 1 fully saturated rings. The van der Waals surface area contributed by atoms with E-state index in [1.807, 2.05) is 9.95 Å². The van der Waals surface area contributed by atoms with Crippen molar-refractivity contribution in [2.45, 2.75) is 29.8 Å².